The second kappa shape index (κ2) is 11.6. The number of rotatable bonds is 11. The van der Waals surface area contributed by atoms with Crippen LogP contribution in [-0.4, -0.2) is 37.8 Å². The van der Waals surface area contributed by atoms with Crippen LogP contribution in [0.2, 0.25) is 0 Å². The molecule has 182 valence electrons. The van der Waals surface area contributed by atoms with Crippen LogP contribution in [0.3, 0.4) is 0 Å². The van der Waals surface area contributed by atoms with Crippen LogP contribution in [0.1, 0.15) is 29.0 Å². The van der Waals surface area contributed by atoms with Crippen molar-refractivity contribution in [3.63, 3.8) is 0 Å². The van der Waals surface area contributed by atoms with Gasteiger partial charge in [-0.1, -0.05) is 54.6 Å². The summed E-state index contributed by atoms with van der Waals surface area (Å²) in [5.74, 6) is 1.13. The zero-order valence-corrected chi connectivity index (χ0v) is 20.5. The number of hydrogen-bond acceptors (Lipinski definition) is 4. The van der Waals surface area contributed by atoms with Gasteiger partial charge in [-0.15, -0.1) is 0 Å². The van der Waals surface area contributed by atoms with Gasteiger partial charge in [0.2, 0.25) is 5.91 Å². The van der Waals surface area contributed by atoms with Crippen LogP contribution in [-0.2, 0) is 23.2 Å². The van der Waals surface area contributed by atoms with Crippen molar-refractivity contribution in [3.8, 4) is 11.5 Å². The number of nitrogens with one attached hydrogen (secondary N) is 1. The molecule has 0 fully saturated rings. The fourth-order valence-corrected chi connectivity index (χ4v) is 4.37. The van der Waals surface area contributed by atoms with Crippen LogP contribution in [0.5, 0.6) is 11.5 Å². The predicted molar refractivity (Wildman–Crippen MR) is 138 cm³/mol. The molecule has 35 heavy (non-hydrogen) atoms. The number of hydrogen-bond donors (Lipinski definition) is 1. The number of carbonyl (C=O) groups is 1. The molecule has 0 bridgehead atoms. The number of carbonyl (C=O) groups excluding carboxylic acids is 1. The normalized spacial score (nSPS) is 11.9. The first-order valence-electron chi connectivity index (χ1n) is 11.7. The van der Waals surface area contributed by atoms with Crippen molar-refractivity contribution in [2.24, 2.45) is 7.05 Å². The summed E-state index contributed by atoms with van der Waals surface area (Å²) in [7, 11) is 5.29. The van der Waals surface area contributed by atoms with Crippen molar-refractivity contribution >= 4 is 16.8 Å². The van der Waals surface area contributed by atoms with Gasteiger partial charge in [-0.3, -0.25) is 4.79 Å². The summed E-state index contributed by atoms with van der Waals surface area (Å²) < 4.78 is 18.9. The molecule has 0 radical (unpaired) electrons. The molecule has 0 saturated heterocycles. The van der Waals surface area contributed by atoms with E-state index < -0.39 is 0 Å². The lowest BCUT2D eigenvalue weighted by molar-refractivity contribution is -0.121. The van der Waals surface area contributed by atoms with E-state index in [0.717, 1.165) is 27.6 Å². The smallest absolute Gasteiger partial charge is 0.221 e. The van der Waals surface area contributed by atoms with Crippen LogP contribution in [0.25, 0.3) is 10.9 Å². The van der Waals surface area contributed by atoms with Crippen LogP contribution in [0.4, 0.5) is 0 Å². The quantitative estimate of drug-likeness (QED) is 0.310. The molecule has 0 unspecified atom stereocenters. The molecule has 0 aliphatic carbocycles. The minimum Gasteiger partial charge on any atom is -0.493 e. The van der Waals surface area contributed by atoms with Crippen molar-refractivity contribution in [1.29, 1.82) is 0 Å². The zero-order chi connectivity index (χ0) is 24.6. The van der Waals surface area contributed by atoms with Gasteiger partial charge in [0.25, 0.3) is 0 Å². The molecule has 1 heterocycles. The topological polar surface area (TPSA) is 61.7 Å². The molecule has 0 aliphatic rings. The molecule has 1 amide bonds. The standard InChI is InChI=1S/C29H32N2O4/c1-31-19-25(23-11-7-8-12-26(23)31)24(18-29(32)30-15-16-33-2)22-13-14-27(34-3)28(17-22)35-20-21-9-5-4-6-10-21/h4-14,17,19,24H,15-16,18,20H2,1-3H3,(H,30,32)/t24-/m1/s1. The van der Waals surface area contributed by atoms with E-state index in [4.69, 9.17) is 14.2 Å². The summed E-state index contributed by atoms with van der Waals surface area (Å²) in [6.45, 7) is 1.38. The van der Waals surface area contributed by atoms with E-state index in [9.17, 15) is 4.79 Å². The predicted octanol–water partition coefficient (Wildman–Crippen LogP) is 5.05. The van der Waals surface area contributed by atoms with Crippen LogP contribution in [0, 0.1) is 0 Å². The lowest BCUT2D eigenvalue weighted by Crippen LogP contribution is -2.28. The van der Waals surface area contributed by atoms with Gasteiger partial charge in [0.1, 0.15) is 6.61 Å². The minimum absolute atomic E-state index is 0.0254. The average Bonchev–Trinajstić information content (AvgIpc) is 3.23. The summed E-state index contributed by atoms with van der Waals surface area (Å²) in [6, 6.07) is 24.2. The van der Waals surface area contributed by atoms with E-state index in [1.807, 2.05) is 67.7 Å². The first-order chi connectivity index (χ1) is 17.1. The third-order valence-corrected chi connectivity index (χ3v) is 6.15. The summed E-state index contributed by atoms with van der Waals surface area (Å²) in [6.07, 6.45) is 2.43. The minimum atomic E-state index is -0.159. The van der Waals surface area contributed by atoms with Crippen molar-refractivity contribution in [1.82, 2.24) is 9.88 Å². The fourth-order valence-electron chi connectivity index (χ4n) is 4.37. The molecule has 0 spiro atoms. The number of aryl methyl sites for hydroxylation is 1. The van der Waals surface area contributed by atoms with Gasteiger partial charge in [-0.2, -0.15) is 0 Å². The molecule has 0 saturated carbocycles. The van der Waals surface area contributed by atoms with Crippen molar-refractivity contribution in [2.75, 3.05) is 27.4 Å². The van der Waals surface area contributed by atoms with E-state index in [1.165, 1.54) is 0 Å². The van der Waals surface area contributed by atoms with Crippen molar-refractivity contribution < 1.29 is 19.0 Å². The average molecular weight is 473 g/mol. The first kappa shape index (κ1) is 24.4. The van der Waals surface area contributed by atoms with Crippen LogP contribution in [0.15, 0.2) is 79.0 Å². The van der Waals surface area contributed by atoms with E-state index in [-0.39, 0.29) is 11.8 Å². The number of nitrogens with zero attached hydrogens (tertiary/aromatic N) is 1. The zero-order valence-electron chi connectivity index (χ0n) is 20.5. The lowest BCUT2D eigenvalue weighted by Gasteiger charge is -2.20. The van der Waals surface area contributed by atoms with E-state index >= 15 is 0 Å². The molecule has 1 N–H and O–H groups in total. The molecule has 3 aromatic carbocycles. The molecule has 0 aliphatic heterocycles. The highest BCUT2D eigenvalue weighted by atomic mass is 16.5. The Morgan fingerprint density at radius 1 is 0.971 bits per heavy atom. The number of fused-ring (bicyclic) bond motifs is 1. The van der Waals surface area contributed by atoms with E-state index in [1.54, 1.807) is 14.2 Å². The van der Waals surface area contributed by atoms with Crippen molar-refractivity contribution in [2.45, 2.75) is 18.9 Å². The highest BCUT2D eigenvalue weighted by Gasteiger charge is 2.23. The molecular formula is C29H32N2O4. The van der Waals surface area contributed by atoms with Crippen molar-refractivity contribution in [3.05, 3.63) is 95.7 Å². The van der Waals surface area contributed by atoms with Crippen LogP contribution >= 0.6 is 0 Å². The Morgan fingerprint density at radius 2 is 1.74 bits per heavy atom. The molecule has 4 aromatic rings. The Kier molecular flexibility index (Phi) is 8.06. The number of aromatic nitrogens is 1. The van der Waals surface area contributed by atoms with Gasteiger partial charge in [0.05, 0.1) is 13.7 Å². The van der Waals surface area contributed by atoms with Gasteiger partial charge < -0.3 is 24.1 Å². The molecule has 6 nitrogen and oxygen atoms in total. The van der Waals surface area contributed by atoms with E-state index in [2.05, 4.69) is 28.2 Å². The monoisotopic (exact) mass is 472 g/mol. The summed E-state index contributed by atoms with van der Waals surface area (Å²) >= 11 is 0. The third-order valence-electron chi connectivity index (χ3n) is 6.15. The molecule has 1 atom stereocenters. The van der Waals surface area contributed by atoms with E-state index in [0.29, 0.717) is 37.7 Å². The van der Waals surface area contributed by atoms with Gasteiger partial charge in [0.15, 0.2) is 11.5 Å². The third kappa shape index (κ3) is 5.84. The maximum atomic E-state index is 12.9. The summed E-state index contributed by atoms with van der Waals surface area (Å²) in [5, 5.41) is 4.10. The maximum absolute atomic E-state index is 12.9. The van der Waals surface area contributed by atoms with Gasteiger partial charge in [-0.25, -0.2) is 0 Å². The SMILES string of the molecule is COCCNC(=O)C[C@H](c1ccc(OC)c(OCc2ccccc2)c1)c1cn(C)c2ccccc12. The number of para-hydroxylation sites is 1. The second-order valence-corrected chi connectivity index (χ2v) is 8.50. The maximum Gasteiger partial charge on any atom is 0.221 e. The van der Waals surface area contributed by atoms with Crippen LogP contribution < -0.4 is 14.8 Å². The highest BCUT2D eigenvalue weighted by molar-refractivity contribution is 5.86. The fraction of sp³-hybridized carbons (Fsp3) is 0.276. The van der Waals surface area contributed by atoms with Gasteiger partial charge >= 0.3 is 0 Å². The Bertz CT molecular complexity index is 1270. The molecule has 4 rings (SSSR count). The Morgan fingerprint density at radius 3 is 2.51 bits per heavy atom. The second-order valence-electron chi connectivity index (χ2n) is 8.50. The number of ether oxygens (including phenoxy) is 3. The Balaban J connectivity index is 1.70. The summed E-state index contributed by atoms with van der Waals surface area (Å²) in [4.78, 5) is 12.9. The summed E-state index contributed by atoms with van der Waals surface area (Å²) in [5.41, 5.74) is 4.29. The van der Waals surface area contributed by atoms with Gasteiger partial charge in [0, 0.05) is 50.1 Å². The number of amides is 1. The Labute approximate surface area is 206 Å². The lowest BCUT2D eigenvalue weighted by atomic mass is 9.87. The molecular weight excluding hydrogens is 440 g/mol. The molecule has 1 aromatic heterocycles. The molecule has 6 heteroatoms. The number of methoxy groups -OCH3 is 2. The first-order valence-corrected chi connectivity index (χ1v) is 11.7. The number of benzene rings is 3. The largest absolute Gasteiger partial charge is 0.493 e. The van der Waals surface area contributed by atoms with Gasteiger partial charge in [-0.05, 0) is 34.9 Å². The Hall–Kier alpha value is -3.77. The highest BCUT2D eigenvalue weighted by Crippen LogP contribution is 2.38.